The monoisotopic (exact) mass is 514 g/mol. The molecule has 8 nitrogen and oxygen atoms in total. The fraction of sp³-hybridized carbons (Fsp3) is 0.267. The van der Waals surface area contributed by atoms with Crippen LogP contribution >= 0.6 is 0 Å². The molecule has 1 aliphatic rings. The topological polar surface area (TPSA) is 92.0 Å². The molecule has 3 aromatic carbocycles. The van der Waals surface area contributed by atoms with Crippen LogP contribution in [0.4, 0.5) is 0 Å². The summed E-state index contributed by atoms with van der Waals surface area (Å²) in [6.45, 7) is 0.109. The number of aromatic nitrogens is 2. The van der Waals surface area contributed by atoms with E-state index in [0.29, 0.717) is 6.42 Å². The minimum Gasteiger partial charge on any atom is -0.497 e. The molecule has 4 aromatic rings. The molecule has 0 radical (unpaired) electrons. The summed E-state index contributed by atoms with van der Waals surface area (Å²) < 4.78 is 25.5. The van der Waals surface area contributed by atoms with Gasteiger partial charge in [-0.2, -0.15) is 4.98 Å². The van der Waals surface area contributed by atoms with Gasteiger partial charge >= 0.3 is 0 Å². The number of nitrogens with zero attached hydrogens (tertiary/aromatic N) is 2. The third kappa shape index (κ3) is 5.06. The number of hydrogen-bond donors (Lipinski definition) is 1. The van der Waals surface area contributed by atoms with Crippen LogP contribution in [0.25, 0.3) is 0 Å². The van der Waals surface area contributed by atoms with Gasteiger partial charge in [-0.3, -0.25) is 4.79 Å². The van der Waals surface area contributed by atoms with E-state index in [4.69, 9.17) is 18.9 Å². The van der Waals surface area contributed by atoms with Crippen molar-refractivity contribution in [1.29, 1.82) is 0 Å². The minimum absolute atomic E-state index is 0.109. The lowest BCUT2D eigenvalue weighted by Crippen LogP contribution is -2.38. The quantitative estimate of drug-likeness (QED) is 0.339. The SMILES string of the molecule is COc1ccc(C(OC[C@H]2O[C@@H](n3ccc(=O)nc3)C[C@@H]2O)(c2ccccc2)c2ccc(OC)cc2)cc1. The van der Waals surface area contributed by atoms with Gasteiger partial charge < -0.3 is 28.6 Å². The average molecular weight is 515 g/mol. The molecule has 1 aromatic heterocycles. The Morgan fingerprint density at radius 3 is 2.00 bits per heavy atom. The third-order valence-electron chi connectivity index (χ3n) is 6.88. The summed E-state index contributed by atoms with van der Waals surface area (Å²) >= 11 is 0. The van der Waals surface area contributed by atoms with Crippen molar-refractivity contribution in [2.24, 2.45) is 0 Å². The van der Waals surface area contributed by atoms with Gasteiger partial charge in [0.05, 0.1) is 26.9 Å². The van der Waals surface area contributed by atoms with E-state index < -0.39 is 24.0 Å². The lowest BCUT2D eigenvalue weighted by Gasteiger charge is -2.37. The van der Waals surface area contributed by atoms with Crippen molar-refractivity contribution >= 4 is 0 Å². The molecule has 0 unspecified atom stereocenters. The minimum atomic E-state index is -1.01. The van der Waals surface area contributed by atoms with Crippen LogP contribution in [-0.2, 0) is 15.1 Å². The first-order valence-corrected chi connectivity index (χ1v) is 12.4. The smallest absolute Gasteiger partial charge is 0.272 e. The van der Waals surface area contributed by atoms with Crippen molar-refractivity contribution in [3.63, 3.8) is 0 Å². The van der Waals surface area contributed by atoms with Gasteiger partial charge in [-0.25, -0.2) is 0 Å². The first-order valence-electron chi connectivity index (χ1n) is 12.4. The first-order chi connectivity index (χ1) is 18.5. The largest absolute Gasteiger partial charge is 0.497 e. The van der Waals surface area contributed by atoms with Gasteiger partial charge in [0.2, 0.25) is 0 Å². The highest BCUT2D eigenvalue weighted by Gasteiger charge is 2.41. The van der Waals surface area contributed by atoms with Crippen LogP contribution in [0.2, 0.25) is 0 Å². The maximum atomic E-state index is 11.4. The van der Waals surface area contributed by atoms with E-state index in [0.717, 1.165) is 28.2 Å². The Balaban J connectivity index is 1.53. The molecule has 196 valence electrons. The predicted octanol–water partition coefficient (Wildman–Crippen LogP) is 3.92. The van der Waals surface area contributed by atoms with Crippen LogP contribution in [0.15, 0.2) is 102 Å². The van der Waals surface area contributed by atoms with E-state index in [9.17, 15) is 9.90 Å². The summed E-state index contributed by atoms with van der Waals surface area (Å²) in [5.74, 6) is 1.47. The zero-order chi connectivity index (χ0) is 26.5. The Morgan fingerprint density at radius 1 is 0.895 bits per heavy atom. The van der Waals surface area contributed by atoms with Gasteiger partial charge in [0.25, 0.3) is 5.56 Å². The van der Waals surface area contributed by atoms with Gasteiger partial charge in [0.15, 0.2) is 0 Å². The van der Waals surface area contributed by atoms with E-state index in [2.05, 4.69) is 4.98 Å². The highest BCUT2D eigenvalue weighted by Crippen LogP contribution is 2.42. The Hall–Kier alpha value is -3.98. The number of ether oxygens (including phenoxy) is 4. The zero-order valence-corrected chi connectivity index (χ0v) is 21.3. The summed E-state index contributed by atoms with van der Waals surface area (Å²) in [6, 6.07) is 26.9. The molecule has 2 heterocycles. The fourth-order valence-corrected chi connectivity index (χ4v) is 4.86. The highest BCUT2D eigenvalue weighted by atomic mass is 16.6. The Morgan fingerprint density at radius 2 is 1.47 bits per heavy atom. The first kappa shape index (κ1) is 25.7. The molecule has 5 rings (SSSR count). The summed E-state index contributed by atoms with van der Waals surface area (Å²) in [7, 11) is 3.26. The van der Waals surface area contributed by atoms with E-state index in [1.807, 2.05) is 78.9 Å². The van der Waals surface area contributed by atoms with Crippen molar-refractivity contribution in [2.75, 3.05) is 20.8 Å². The normalized spacial score (nSPS) is 19.3. The molecule has 1 N–H and O–H groups in total. The van der Waals surface area contributed by atoms with Crippen LogP contribution in [0, 0.1) is 0 Å². The molecule has 1 fully saturated rings. The molecule has 1 aliphatic heterocycles. The second kappa shape index (κ2) is 11.2. The zero-order valence-electron chi connectivity index (χ0n) is 21.3. The second-order valence-corrected chi connectivity index (χ2v) is 9.09. The molecule has 0 aliphatic carbocycles. The number of aliphatic hydroxyl groups excluding tert-OH is 1. The van der Waals surface area contributed by atoms with Crippen LogP contribution < -0.4 is 15.0 Å². The van der Waals surface area contributed by atoms with Gasteiger partial charge in [-0.15, -0.1) is 0 Å². The average Bonchev–Trinajstić information content (AvgIpc) is 3.35. The Bertz CT molecular complexity index is 1320. The maximum absolute atomic E-state index is 11.4. The number of benzene rings is 3. The van der Waals surface area contributed by atoms with Gasteiger partial charge in [-0.1, -0.05) is 54.6 Å². The van der Waals surface area contributed by atoms with Gasteiger partial charge in [0, 0.05) is 18.7 Å². The molecule has 0 bridgehead atoms. The molecule has 0 spiro atoms. The molecule has 0 amide bonds. The van der Waals surface area contributed by atoms with Gasteiger partial charge in [-0.05, 0) is 41.0 Å². The summed E-state index contributed by atoms with van der Waals surface area (Å²) in [4.78, 5) is 15.2. The lowest BCUT2D eigenvalue weighted by molar-refractivity contribution is -0.0939. The predicted molar refractivity (Wildman–Crippen MR) is 141 cm³/mol. The summed E-state index contributed by atoms with van der Waals surface area (Å²) in [6.07, 6.45) is 1.56. The Kier molecular flexibility index (Phi) is 7.55. The van der Waals surface area contributed by atoms with Crippen molar-refractivity contribution in [1.82, 2.24) is 9.55 Å². The molecule has 1 saturated heterocycles. The van der Waals surface area contributed by atoms with Crippen LogP contribution in [0.3, 0.4) is 0 Å². The molecule has 38 heavy (non-hydrogen) atoms. The van der Waals surface area contributed by atoms with E-state index >= 15 is 0 Å². The number of aliphatic hydroxyl groups is 1. The van der Waals surface area contributed by atoms with E-state index in [-0.39, 0.29) is 12.2 Å². The summed E-state index contributed by atoms with van der Waals surface area (Å²) in [5.41, 5.74) is 1.36. The fourth-order valence-electron chi connectivity index (χ4n) is 4.86. The maximum Gasteiger partial charge on any atom is 0.272 e. The second-order valence-electron chi connectivity index (χ2n) is 9.09. The van der Waals surface area contributed by atoms with Gasteiger partial charge in [0.1, 0.15) is 35.8 Å². The number of rotatable bonds is 9. The van der Waals surface area contributed by atoms with Crippen molar-refractivity contribution in [3.8, 4) is 11.5 Å². The van der Waals surface area contributed by atoms with E-state index in [1.54, 1.807) is 25.0 Å². The molecule has 0 saturated carbocycles. The molecular formula is C30H30N2O6. The Labute approximate surface area is 221 Å². The van der Waals surface area contributed by atoms with E-state index in [1.165, 1.54) is 12.4 Å². The van der Waals surface area contributed by atoms with Crippen LogP contribution in [0.1, 0.15) is 29.3 Å². The van der Waals surface area contributed by atoms with Crippen molar-refractivity contribution < 1.29 is 24.1 Å². The lowest BCUT2D eigenvalue weighted by atomic mass is 9.80. The van der Waals surface area contributed by atoms with Crippen LogP contribution in [0.5, 0.6) is 11.5 Å². The molecule has 3 atom stereocenters. The molecular weight excluding hydrogens is 484 g/mol. The third-order valence-corrected chi connectivity index (χ3v) is 6.88. The van der Waals surface area contributed by atoms with Crippen molar-refractivity contribution in [2.45, 2.75) is 30.5 Å². The highest BCUT2D eigenvalue weighted by molar-refractivity contribution is 5.49. The summed E-state index contributed by atoms with van der Waals surface area (Å²) in [5, 5.41) is 10.9. The number of hydrogen-bond acceptors (Lipinski definition) is 7. The van der Waals surface area contributed by atoms with Crippen LogP contribution in [-0.4, -0.2) is 47.7 Å². The molecule has 8 heteroatoms. The number of methoxy groups -OCH3 is 2. The van der Waals surface area contributed by atoms with Crippen molar-refractivity contribution in [3.05, 3.63) is 124 Å². The standard InChI is InChI=1S/C30H30N2O6/c1-35-24-12-8-22(9-13-24)30(21-6-4-3-5-7-21,23-10-14-25(36-2)15-11-23)37-19-27-26(33)18-29(38-27)32-17-16-28(34)31-20-32/h3-17,20,26-27,29,33H,18-19H2,1-2H3/t26-,27+,29+/m0/s1.